The molecule has 3 heterocycles. The van der Waals surface area contributed by atoms with Gasteiger partial charge in [0.15, 0.2) is 0 Å². The summed E-state index contributed by atoms with van der Waals surface area (Å²) in [7, 11) is 0. The van der Waals surface area contributed by atoms with Crippen LogP contribution in [0.2, 0.25) is 0 Å². The van der Waals surface area contributed by atoms with Crippen LogP contribution in [0.3, 0.4) is 0 Å². The van der Waals surface area contributed by atoms with E-state index < -0.39 is 0 Å². The molecule has 100 valence electrons. The van der Waals surface area contributed by atoms with Crippen molar-refractivity contribution in [3.8, 4) is 11.3 Å². The summed E-state index contributed by atoms with van der Waals surface area (Å²) in [6.07, 6.45) is 3.41. The Morgan fingerprint density at radius 3 is 3.05 bits per heavy atom. The van der Waals surface area contributed by atoms with Crippen molar-refractivity contribution in [3.05, 3.63) is 58.7 Å². The summed E-state index contributed by atoms with van der Waals surface area (Å²) < 4.78 is 0. The molecule has 0 radical (unpaired) electrons. The van der Waals surface area contributed by atoms with Crippen LogP contribution in [0.25, 0.3) is 11.3 Å². The first-order valence-electron chi connectivity index (χ1n) is 6.09. The molecule has 0 spiro atoms. The number of hydrogen-bond donors (Lipinski definition) is 2. The van der Waals surface area contributed by atoms with Crippen molar-refractivity contribution in [3.63, 3.8) is 0 Å². The third-order valence-corrected chi connectivity index (χ3v) is 3.66. The van der Waals surface area contributed by atoms with Gasteiger partial charge in [-0.05, 0) is 29.6 Å². The summed E-state index contributed by atoms with van der Waals surface area (Å²) >= 11 is 1.61. The van der Waals surface area contributed by atoms with Crippen LogP contribution in [0.15, 0.2) is 48.1 Å². The molecule has 0 aliphatic heterocycles. The molecule has 20 heavy (non-hydrogen) atoms. The Labute approximate surface area is 119 Å². The monoisotopic (exact) mass is 284 g/mol. The van der Waals surface area contributed by atoms with E-state index in [1.165, 1.54) is 0 Å². The fourth-order valence-electron chi connectivity index (χ4n) is 1.78. The van der Waals surface area contributed by atoms with Crippen LogP contribution < -0.4 is 5.32 Å². The number of pyridine rings is 1. The maximum atomic E-state index is 12.0. The summed E-state index contributed by atoms with van der Waals surface area (Å²) in [5.74, 6) is -0.166. The number of hydrogen-bond acceptors (Lipinski definition) is 4. The maximum Gasteiger partial charge on any atom is 0.269 e. The smallest absolute Gasteiger partial charge is 0.269 e. The zero-order valence-corrected chi connectivity index (χ0v) is 11.4. The molecule has 0 saturated carbocycles. The molecule has 6 heteroatoms. The molecule has 0 fully saturated rings. The topological polar surface area (TPSA) is 70.7 Å². The van der Waals surface area contributed by atoms with E-state index in [1.54, 1.807) is 29.8 Å². The number of rotatable bonds is 4. The Morgan fingerprint density at radius 2 is 2.30 bits per heavy atom. The molecular weight excluding hydrogens is 272 g/mol. The quantitative estimate of drug-likeness (QED) is 0.773. The van der Waals surface area contributed by atoms with E-state index in [2.05, 4.69) is 20.5 Å². The highest BCUT2D eigenvalue weighted by Gasteiger charge is 2.10. The van der Waals surface area contributed by atoms with Gasteiger partial charge in [0.25, 0.3) is 5.91 Å². The lowest BCUT2D eigenvalue weighted by Gasteiger charge is -2.00. The molecule has 0 atom stereocenters. The van der Waals surface area contributed by atoms with Crippen molar-refractivity contribution in [1.82, 2.24) is 20.5 Å². The Morgan fingerprint density at radius 1 is 1.35 bits per heavy atom. The van der Waals surface area contributed by atoms with E-state index in [0.717, 1.165) is 10.4 Å². The first-order chi connectivity index (χ1) is 9.83. The van der Waals surface area contributed by atoms with E-state index in [-0.39, 0.29) is 5.91 Å². The predicted octanol–water partition coefficient (Wildman–Crippen LogP) is 2.46. The second kappa shape index (κ2) is 5.66. The fourth-order valence-corrected chi connectivity index (χ4v) is 2.42. The zero-order chi connectivity index (χ0) is 13.8. The largest absolute Gasteiger partial charge is 0.346 e. The minimum Gasteiger partial charge on any atom is -0.346 e. The highest BCUT2D eigenvalue weighted by atomic mass is 32.1. The van der Waals surface area contributed by atoms with Crippen LogP contribution in [0.1, 0.15) is 15.4 Å². The summed E-state index contributed by atoms with van der Waals surface area (Å²) in [5.41, 5.74) is 2.03. The average molecular weight is 284 g/mol. The van der Waals surface area contributed by atoms with Gasteiger partial charge in [0.1, 0.15) is 5.69 Å². The highest BCUT2D eigenvalue weighted by molar-refractivity contribution is 7.09. The first-order valence-corrected chi connectivity index (χ1v) is 6.97. The lowest BCUT2D eigenvalue weighted by atomic mass is 10.2. The number of carbonyl (C=O) groups is 1. The number of nitrogens with zero attached hydrogens (tertiary/aromatic N) is 2. The molecule has 0 unspecified atom stereocenters. The molecule has 0 aromatic carbocycles. The Kier molecular flexibility index (Phi) is 3.56. The zero-order valence-electron chi connectivity index (χ0n) is 10.5. The van der Waals surface area contributed by atoms with Gasteiger partial charge in [-0.15, -0.1) is 11.3 Å². The third kappa shape index (κ3) is 2.75. The average Bonchev–Trinajstić information content (AvgIpc) is 3.17. The van der Waals surface area contributed by atoms with Crippen LogP contribution in [-0.2, 0) is 6.54 Å². The lowest BCUT2D eigenvalue weighted by molar-refractivity contribution is 0.0946. The number of aromatic nitrogens is 3. The molecule has 5 nitrogen and oxygen atoms in total. The molecule has 2 N–H and O–H groups in total. The molecule has 0 saturated heterocycles. The van der Waals surface area contributed by atoms with Gasteiger partial charge in [-0.1, -0.05) is 6.07 Å². The number of aromatic amines is 1. The maximum absolute atomic E-state index is 12.0. The molecule has 0 bridgehead atoms. The van der Waals surface area contributed by atoms with Gasteiger partial charge < -0.3 is 5.32 Å². The molecule has 0 aliphatic rings. The first kappa shape index (κ1) is 12.6. The normalized spacial score (nSPS) is 10.4. The highest BCUT2D eigenvalue weighted by Crippen LogP contribution is 2.16. The predicted molar refractivity (Wildman–Crippen MR) is 77.3 cm³/mol. The molecule has 3 rings (SSSR count). The van der Waals surface area contributed by atoms with Gasteiger partial charge in [0, 0.05) is 22.8 Å². The molecule has 1 amide bonds. The van der Waals surface area contributed by atoms with Gasteiger partial charge in [-0.25, -0.2) is 0 Å². The Bertz CT molecular complexity index is 691. The SMILES string of the molecule is O=C(NCc1cccs1)c1cc(-c2cccnc2)n[nH]1. The minimum atomic E-state index is -0.166. The summed E-state index contributed by atoms with van der Waals surface area (Å²) in [6, 6.07) is 9.40. The van der Waals surface area contributed by atoms with Crippen LogP contribution >= 0.6 is 11.3 Å². The number of H-pyrrole nitrogens is 1. The van der Waals surface area contributed by atoms with E-state index >= 15 is 0 Å². The molecule has 3 aromatic heterocycles. The minimum absolute atomic E-state index is 0.166. The Hall–Kier alpha value is -2.47. The third-order valence-electron chi connectivity index (χ3n) is 2.78. The van der Waals surface area contributed by atoms with Crippen molar-refractivity contribution in [2.45, 2.75) is 6.54 Å². The second-order valence-corrected chi connectivity index (χ2v) is 5.20. The van der Waals surface area contributed by atoms with Gasteiger partial charge >= 0.3 is 0 Å². The van der Waals surface area contributed by atoms with E-state index in [0.29, 0.717) is 17.9 Å². The number of thiophene rings is 1. The van der Waals surface area contributed by atoms with Crippen LogP contribution in [-0.4, -0.2) is 21.1 Å². The number of amides is 1. The van der Waals surface area contributed by atoms with Gasteiger partial charge in [-0.3, -0.25) is 14.9 Å². The van der Waals surface area contributed by atoms with E-state index in [9.17, 15) is 4.79 Å². The van der Waals surface area contributed by atoms with Crippen molar-refractivity contribution in [2.75, 3.05) is 0 Å². The van der Waals surface area contributed by atoms with Crippen molar-refractivity contribution in [2.24, 2.45) is 0 Å². The lowest BCUT2D eigenvalue weighted by Crippen LogP contribution is -2.22. The van der Waals surface area contributed by atoms with Crippen LogP contribution in [0, 0.1) is 0 Å². The fraction of sp³-hybridized carbons (Fsp3) is 0.0714. The standard InChI is InChI=1S/C14H12N4OS/c19-14(16-9-11-4-2-6-20-11)13-7-12(17-18-13)10-3-1-5-15-8-10/h1-8H,9H2,(H,16,19)(H,17,18). The van der Waals surface area contributed by atoms with E-state index in [4.69, 9.17) is 0 Å². The van der Waals surface area contributed by atoms with Crippen molar-refractivity contribution < 1.29 is 4.79 Å². The summed E-state index contributed by atoms with van der Waals surface area (Å²) in [6.45, 7) is 0.526. The van der Waals surface area contributed by atoms with Gasteiger partial charge in [0.2, 0.25) is 0 Å². The van der Waals surface area contributed by atoms with Crippen LogP contribution in [0.5, 0.6) is 0 Å². The van der Waals surface area contributed by atoms with Gasteiger partial charge in [0.05, 0.1) is 12.2 Å². The Balaban J connectivity index is 1.69. The van der Waals surface area contributed by atoms with Crippen molar-refractivity contribution >= 4 is 17.2 Å². The number of carbonyl (C=O) groups excluding carboxylic acids is 1. The summed E-state index contributed by atoms with van der Waals surface area (Å²) in [4.78, 5) is 17.1. The number of nitrogens with one attached hydrogen (secondary N) is 2. The van der Waals surface area contributed by atoms with Gasteiger partial charge in [-0.2, -0.15) is 5.10 Å². The van der Waals surface area contributed by atoms with Crippen LogP contribution in [0.4, 0.5) is 0 Å². The van der Waals surface area contributed by atoms with Crippen molar-refractivity contribution in [1.29, 1.82) is 0 Å². The molecular formula is C14H12N4OS. The molecule has 3 aromatic rings. The molecule has 0 aliphatic carbocycles. The van der Waals surface area contributed by atoms with E-state index in [1.807, 2.05) is 29.6 Å². The summed E-state index contributed by atoms with van der Waals surface area (Å²) in [5, 5.41) is 11.7. The second-order valence-electron chi connectivity index (χ2n) is 4.17.